The van der Waals surface area contributed by atoms with Gasteiger partial charge in [0.1, 0.15) is 6.04 Å². The van der Waals surface area contributed by atoms with E-state index in [2.05, 4.69) is 5.32 Å². The molecule has 0 aliphatic carbocycles. The molecule has 0 aliphatic heterocycles. The van der Waals surface area contributed by atoms with E-state index in [9.17, 15) is 13.2 Å². The van der Waals surface area contributed by atoms with Gasteiger partial charge < -0.3 is 5.32 Å². The number of hydrogen-bond acceptors (Lipinski definition) is 3. The van der Waals surface area contributed by atoms with Crippen LogP contribution in [-0.2, 0) is 14.8 Å². The minimum absolute atomic E-state index is 0.0271. The topological polar surface area (TPSA) is 66.5 Å². The predicted octanol–water partition coefficient (Wildman–Crippen LogP) is 3.29. The van der Waals surface area contributed by atoms with Gasteiger partial charge in [-0.15, -0.1) is 0 Å². The van der Waals surface area contributed by atoms with Gasteiger partial charge in [-0.25, -0.2) is 8.42 Å². The predicted molar refractivity (Wildman–Crippen MR) is 99.8 cm³/mol. The number of nitrogens with zero attached hydrogens (tertiary/aromatic N) is 1. The Morgan fingerprint density at radius 1 is 1.12 bits per heavy atom. The summed E-state index contributed by atoms with van der Waals surface area (Å²) >= 11 is 5.97. The molecule has 0 bridgehead atoms. The lowest BCUT2D eigenvalue weighted by atomic mass is 9.93. The minimum Gasteiger partial charge on any atom is -0.351 e. The third kappa shape index (κ3) is 5.38. The molecule has 0 heterocycles. The number of rotatable bonds is 7. The van der Waals surface area contributed by atoms with Gasteiger partial charge in [0.25, 0.3) is 0 Å². The highest BCUT2D eigenvalue weighted by molar-refractivity contribution is 7.92. The van der Waals surface area contributed by atoms with Gasteiger partial charge in [-0.05, 0) is 37.0 Å². The van der Waals surface area contributed by atoms with Crippen LogP contribution in [0.4, 0.5) is 5.69 Å². The van der Waals surface area contributed by atoms with E-state index in [0.717, 1.165) is 10.6 Å². The van der Waals surface area contributed by atoms with Gasteiger partial charge in [0.15, 0.2) is 0 Å². The lowest BCUT2D eigenvalue weighted by Crippen LogP contribution is -2.52. The fourth-order valence-corrected chi connectivity index (χ4v) is 4.16. The van der Waals surface area contributed by atoms with E-state index in [4.69, 9.17) is 11.6 Å². The number of anilines is 1. The molecule has 1 N–H and O–H groups in total. The number of amides is 1. The Labute approximate surface area is 150 Å². The summed E-state index contributed by atoms with van der Waals surface area (Å²) in [6.45, 7) is 9.69. The van der Waals surface area contributed by atoms with Gasteiger partial charge in [0.05, 0.1) is 11.9 Å². The molecule has 0 fully saturated rings. The van der Waals surface area contributed by atoms with Crippen molar-refractivity contribution in [3.05, 3.63) is 29.3 Å². The zero-order valence-corrected chi connectivity index (χ0v) is 16.6. The molecule has 1 amide bonds. The van der Waals surface area contributed by atoms with Crippen LogP contribution < -0.4 is 9.62 Å². The number of sulfonamides is 1. The molecule has 0 radical (unpaired) electrons. The Balaban J connectivity index is 3.14. The van der Waals surface area contributed by atoms with Crippen LogP contribution in [0.15, 0.2) is 24.3 Å². The Bertz CT molecular complexity index is 666. The molecular formula is C17H27ClN2O3S. The highest BCUT2D eigenvalue weighted by Crippen LogP contribution is 2.24. The van der Waals surface area contributed by atoms with Crippen molar-refractivity contribution < 1.29 is 13.2 Å². The molecule has 0 aromatic heterocycles. The molecule has 1 rings (SSSR count). The molecule has 1 aromatic rings. The molecule has 7 heteroatoms. The lowest BCUT2D eigenvalue weighted by molar-refractivity contribution is -0.123. The number of benzene rings is 1. The van der Waals surface area contributed by atoms with Crippen molar-refractivity contribution in [1.82, 2.24) is 5.32 Å². The summed E-state index contributed by atoms with van der Waals surface area (Å²) in [5.74, 6) is 0.172. The molecule has 0 aliphatic rings. The summed E-state index contributed by atoms with van der Waals surface area (Å²) in [5.41, 5.74) is 0.373. The zero-order chi connectivity index (χ0) is 18.7. The minimum atomic E-state index is -3.64. The fraction of sp³-hybridized carbons (Fsp3) is 0.588. The van der Waals surface area contributed by atoms with Crippen LogP contribution in [0.3, 0.4) is 0 Å². The first-order chi connectivity index (χ1) is 10.9. The maximum Gasteiger partial charge on any atom is 0.243 e. The molecule has 1 atom stereocenters. The van der Waals surface area contributed by atoms with Crippen molar-refractivity contribution in [2.24, 2.45) is 11.8 Å². The number of carbonyl (C=O) groups is 1. The molecule has 24 heavy (non-hydrogen) atoms. The molecule has 136 valence electrons. The maximum absolute atomic E-state index is 12.7. The zero-order valence-electron chi connectivity index (χ0n) is 15.1. The number of nitrogens with one attached hydrogen (secondary N) is 1. The van der Waals surface area contributed by atoms with E-state index in [0.29, 0.717) is 10.7 Å². The van der Waals surface area contributed by atoms with E-state index in [1.165, 1.54) is 6.07 Å². The fourth-order valence-electron chi connectivity index (χ4n) is 2.81. The van der Waals surface area contributed by atoms with Crippen molar-refractivity contribution in [2.45, 2.75) is 46.7 Å². The number of hydrogen-bond donors (Lipinski definition) is 1. The van der Waals surface area contributed by atoms with E-state index < -0.39 is 16.1 Å². The van der Waals surface area contributed by atoms with Crippen LogP contribution in [0.25, 0.3) is 0 Å². The van der Waals surface area contributed by atoms with Gasteiger partial charge in [0.2, 0.25) is 15.9 Å². The molecule has 1 aromatic carbocycles. The monoisotopic (exact) mass is 374 g/mol. The van der Waals surface area contributed by atoms with Gasteiger partial charge in [-0.2, -0.15) is 0 Å². The Morgan fingerprint density at radius 3 is 2.08 bits per heavy atom. The van der Waals surface area contributed by atoms with Crippen molar-refractivity contribution in [2.75, 3.05) is 10.6 Å². The van der Waals surface area contributed by atoms with E-state index in [-0.39, 0.29) is 23.8 Å². The van der Waals surface area contributed by atoms with E-state index >= 15 is 0 Å². The van der Waals surface area contributed by atoms with Gasteiger partial charge in [0, 0.05) is 11.1 Å². The van der Waals surface area contributed by atoms with Crippen molar-refractivity contribution in [3.8, 4) is 0 Å². The number of halogens is 1. The standard InChI is InChI=1S/C17H27ClN2O3S/c1-11(2)16(12(3)4)19-17(21)13(5)20(24(6,22)23)15-9-7-8-14(18)10-15/h7-13,16H,1-6H3,(H,19,21). The molecule has 5 nitrogen and oxygen atoms in total. The van der Waals surface area contributed by atoms with Crippen molar-refractivity contribution in [1.29, 1.82) is 0 Å². The SMILES string of the molecule is CC(C)C(NC(=O)C(C)N(c1cccc(Cl)c1)S(C)(=O)=O)C(C)C. The first-order valence-electron chi connectivity index (χ1n) is 8.00. The molecule has 1 unspecified atom stereocenters. The third-order valence-corrected chi connectivity index (χ3v) is 5.37. The van der Waals surface area contributed by atoms with Crippen LogP contribution in [0.1, 0.15) is 34.6 Å². The quantitative estimate of drug-likeness (QED) is 0.796. The Hall–Kier alpha value is -1.27. The summed E-state index contributed by atoms with van der Waals surface area (Å²) < 4.78 is 25.6. The highest BCUT2D eigenvalue weighted by Gasteiger charge is 2.31. The van der Waals surface area contributed by atoms with Crippen LogP contribution in [0.5, 0.6) is 0 Å². The normalized spacial score (nSPS) is 13.4. The second-order valence-electron chi connectivity index (χ2n) is 6.74. The summed E-state index contributed by atoms with van der Waals surface area (Å²) in [4.78, 5) is 12.7. The number of carbonyl (C=O) groups excluding carboxylic acids is 1. The van der Waals surface area contributed by atoms with E-state index in [1.807, 2.05) is 27.7 Å². The van der Waals surface area contributed by atoms with Gasteiger partial charge in [-0.1, -0.05) is 45.4 Å². The summed E-state index contributed by atoms with van der Waals surface area (Å²) in [7, 11) is -3.64. The second-order valence-corrected chi connectivity index (χ2v) is 9.03. The average Bonchev–Trinajstić information content (AvgIpc) is 2.42. The van der Waals surface area contributed by atoms with Crippen LogP contribution in [0.2, 0.25) is 5.02 Å². The van der Waals surface area contributed by atoms with Crippen molar-refractivity contribution in [3.63, 3.8) is 0 Å². The van der Waals surface area contributed by atoms with Gasteiger partial charge >= 0.3 is 0 Å². The molecule has 0 spiro atoms. The lowest BCUT2D eigenvalue weighted by Gasteiger charge is -2.32. The van der Waals surface area contributed by atoms with Crippen LogP contribution in [-0.4, -0.2) is 32.7 Å². The first kappa shape index (κ1) is 20.8. The Morgan fingerprint density at radius 2 is 1.67 bits per heavy atom. The van der Waals surface area contributed by atoms with Crippen LogP contribution in [0, 0.1) is 11.8 Å². The smallest absolute Gasteiger partial charge is 0.243 e. The first-order valence-corrected chi connectivity index (χ1v) is 10.2. The molecule has 0 saturated heterocycles. The van der Waals surface area contributed by atoms with Crippen molar-refractivity contribution >= 4 is 33.2 Å². The summed E-state index contributed by atoms with van der Waals surface area (Å²) in [6, 6.07) is 5.57. The third-order valence-electron chi connectivity index (χ3n) is 3.90. The Kier molecular flexibility index (Phi) is 7.10. The molecule has 0 saturated carbocycles. The summed E-state index contributed by atoms with van der Waals surface area (Å²) in [6.07, 6.45) is 1.08. The van der Waals surface area contributed by atoms with Crippen LogP contribution >= 0.6 is 11.6 Å². The molecular weight excluding hydrogens is 348 g/mol. The summed E-state index contributed by atoms with van der Waals surface area (Å²) in [5, 5.41) is 3.39. The maximum atomic E-state index is 12.7. The largest absolute Gasteiger partial charge is 0.351 e. The second kappa shape index (κ2) is 8.21. The van der Waals surface area contributed by atoms with E-state index in [1.54, 1.807) is 25.1 Å². The highest BCUT2D eigenvalue weighted by atomic mass is 35.5. The average molecular weight is 375 g/mol. The van der Waals surface area contributed by atoms with Gasteiger partial charge in [-0.3, -0.25) is 9.10 Å².